The zero-order valence-corrected chi connectivity index (χ0v) is 20.9. The smallest absolute Gasteiger partial charge is 0.309 e. The van der Waals surface area contributed by atoms with E-state index in [1.807, 2.05) is 18.2 Å². The lowest BCUT2D eigenvalue weighted by molar-refractivity contribution is -0.142. The maximum Gasteiger partial charge on any atom is 0.417 e. The Morgan fingerprint density at radius 2 is 1.39 bits per heavy atom. The standard InChI is InChI=1S/C32H17F6N3/c33-31(34,35)22-8-9-24(28(17-22)32(36,37)38)26-5-3-6-27-25-4-1-2-7-29(25)41(30(26)27)23-15-19(18-39)14-21(16-23)20-10-12-40-13-11-20/h1-17H. The van der Waals surface area contributed by atoms with Crippen molar-refractivity contribution in [2.45, 2.75) is 12.4 Å². The molecule has 6 aromatic rings. The highest BCUT2D eigenvalue weighted by atomic mass is 19.4. The lowest BCUT2D eigenvalue weighted by atomic mass is 9.95. The van der Waals surface area contributed by atoms with E-state index in [2.05, 4.69) is 11.1 Å². The summed E-state index contributed by atoms with van der Waals surface area (Å²) < 4.78 is 84.8. The summed E-state index contributed by atoms with van der Waals surface area (Å²) in [5, 5.41) is 11.2. The third-order valence-electron chi connectivity index (χ3n) is 6.96. The minimum absolute atomic E-state index is 0.104. The summed E-state index contributed by atoms with van der Waals surface area (Å²) in [5.41, 5.74) is 0.277. The monoisotopic (exact) mass is 557 g/mol. The van der Waals surface area contributed by atoms with Gasteiger partial charge in [0.25, 0.3) is 0 Å². The second-order valence-corrected chi connectivity index (χ2v) is 9.43. The summed E-state index contributed by atoms with van der Waals surface area (Å²) in [6.07, 6.45) is -6.78. The molecule has 4 aromatic carbocycles. The third-order valence-corrected chi connectivity index (χ3v) is 6.96. The summed E-state index contributed by atoms with van der Waals surface area (Å²) in [4.78, 5) is 4.03. The average Bonchev–Trinajstić information content (AvgIpc) is 3.31. The Kier molecular flexibility index (Phi) is 6.07. The zero-order chi connectivity index (χ0) is 28.9. The number of fused-ring (bicyclic) bond motifs is 3. The van der Waals surface area contributed by atoms with E-state index in [9.17, 15) is 31.6 Å². The number of nitriles is 1. The molecule has 2 heterocycles. The Balaban J connectivity index is 1.73. The van der Waals surface area contributed by atoms with E-state index in [1.165, 1.54) is 6.07 Å². The van der Waals surface area contributed by atoms with Crippen LogP contribution in [0.4, 0.5) is 26.3 Å². The molecule has 41 heavy (non-hydrogen) atoms. The van der Waals surface area contributed by atoms with E-state index >= 15 is 0 Å². The first-order valence-corrected chi connectivity index (χ1v) is 12.3. The van der Waals surface area contributed by atoms with E-state index in [0.717, 1.165) is 17.0 Å². The minimum atomic E-state index is -5.05. The molecule has 2 aromatic heterocycles. The molecule has 0 atom stereocenters. The topological polar surface area (TPSA) is 41.6 Å². The molecule has 0 saturated heterocycles. The molecule has 0 aliphatic heterocycles. The lowest BCUT2D eigenvalue weighted by Crippen LogP contribution is -2.12. The molecule has 0 aliphatic rings. The van der Waals surface area contributed by atoms with Crippen LogP contribution in [-0.2, 0) is 12.4 Å². The summed E-state index contributed by atoms with van der Waals surface area (Å²) in [7, 11) is 0. The van der Waals surface area contributed by atoms with Crippen LogP contribution in [0.25, 0.3) is 49.7 Å². The maximum atomic E-state index is 14.3. The van der Waals surface area contributed by atoms with Crippen molar-refractivity contribution in [1.29, 1.82) is 5.26 Å². The van der Waals surface area contributed by atoms with Crippen LogP contribution in [0.15, 0.2) is 103 Å². The van der Waals surface area contributed by atoms with Gasteiger partial charge in [-0.05, 0) is 65.2 Å². The molecule has 0 saturated carbocycles. The van der Waals surface area contributed by atoms with Gasteiger partial charge in [0.15, 0.2) is 0 Å². The van der Waals surface area contributed by atoms with Gasteiger partial charge in [-0.2, -0.15) is 31.6 Å². The van der Waals surface area contributed by atoms with Gasteiger partial charge >= 0.3 is 12.4 Å². The maximum absolute atomic E-state index is 14.3. The van der Waals surface area contributed by atoms with Crippen molar-refractivity contribution in [3.8, 4) is 34.0 Å². The second kappa shape index (κ2) is 9.52. The van der Waals surface area contributed by atoms with E-state index < -0.39 is 23.5 Å². The number of alkyl halides is 6. The Morgan fingerprint density at radius 3 is 2.10 bits per heavy atom. The predicted molar refractivity (Wildman–Crippen MR) is 144 cm³/mol. The molecule has 0 radical (unpaired) electrons. The molecule has 0 spiro atoms. The van der Waals surface area contributed by atoms with Gasteiger partial charge in [0.05, 0.1) is 33.8 Å². The van der Waals surface area contributed by atoms with Gasteiger partial charge in [-0.3, -0.25) is 4.98 Å². The highest BCUT2D eigenvalue weighted by molar-refractivity contribution is 6.14. The van der Waals surface area contributed by atoms with Crippen molar-refractivity contribution in [2.75, 3.05) is 0 Å². The Labute approximate surface area is 229 Å². The quantitative estimate of drug-likeness (QED) is 0.204. The van der Waals surface area contributed by atoms with Crippen molar-refractivity contribution in [3.05, 3.63) is 120 Å². The fourth-order valence-corrected chi connectivity index (χ4v) is 5.21. The van der Waals surface area contributed by atoms with Gasteiger partial charge < -0.3 is 4.57 Å². The van der Waals surface area contributed by atoms with Crippen LogP contribution in [0, 0.1) is 11.3 Å². The molecular formula is C32H17F6N3. The van der Waals surface area contributed by atoms with Crippen molar-refractivity contribution in [2.24, 2.45) is 0 Å². The molecule has 0 unspecified atom stereocenters. The van der Waals surface area contributed by atoms with Gasteiger partial charge in [0.2, 0.25) is 0 Å². The normalized spacial score (nSPS) is 12.1. The second-order valence-electron chi connectivity index (χ2n) is 9.43. The van der Waals surface area contributed by atoms with E-state index in [-0.39, 0.29) is 17.2 Å². The van der Waals surface area contributed by atoms with Crippen molar-refractivity contribution in [1.82, 2.24) is 9.55 Å². The van der Waals surface area contributed by atoms with Gasteiger partial charge in [-0.25, -0.2) is 0 Å². The first-order chi connectivity index (χ1) is 19.6. The molecule has 0 amide bonds. The van der Waals surface area contributed by atoms with Crippen molar-refractivity contribution in [3.63, 3.8) is 0 Å². The van der Waals surface area contributed by atoms with Crippen LogP contribution in [0.2, 0.25) is 0 Å². The van der Waals surface area contributed by atoms with Crippen molar-refractivity contribution >= 4 is 21.8 Å². The highest BCUT2D eigenvalue weighted by Gasteiger charge is 2.39. The summed E-state index contributed by atoms with van der Waals surface area (Å²) in [6, 6.07) is 24.5. The predicted octanol–water partition coefficient (Wildman–Crippen LogP) is 9.42. The fourth-order valence-electron chi connectivity index (χ4n) is 5.21. The molecule has 0 bridgehead atoms. The van der Waals surface area contributed by atoms with Crippen LogP contribution in [0.3, 0.4) is 0 Å². The first kappa shape index (κ1) is 26.1. The molecule has 0 fully saturated rings. The Bertz CT molecular complexity index is 1980. The minimum Gasteiger partial charge on any atom is -0.309 e. The largest absolute Gasteiger partial charge is 0.417 e. The molecule has 202 valence electrons. The SMILES string of the molecule is N#Cc1cc(-c2ccncc2)cc(-n2c3ccccc3c3cccc(-c4ccc(C(F)(F)F)cc4C(F)(F)F)c32)c1. The zero-order valence-electron chi connectivity index (χ0n) is 20.9. The van der Waals surface area contributed by atoms with Gasteiger partial charge in [-0.1, -0.05) is 42.5 Å². The molecule has 9 heteroatoms. The van der Waals surface area contributed by atoms with Crippen LogP contribution < -0.4 is 0 Å². The summed E-state index contributed by atoms with van der Waals surface area (Å²) in [5.74, 6) is 0. The number of halogens is 6. The number of para-hydroxylation sites is 2. The van der Waals surface area contributed by atoms with E-state index in [1.54, 1.807) is 65.5 Å². The molecule has 6 rings (SSSR count). The first-order valence-electron chi connectivity index (χ1n) is 12.3. The van der Waals surface area contributed by atoms with Crippen LogP contribution in [0.5, 0.6) is 0 Å². The highest BCUT2D eigenvalue weighted by Crippen LogP contribution is 2.45. The van der Waals surface area contributed by atoms with Crippen LogP contribution in [0.1, 0.15) is 16.7 Å². The van der Waals surface area contributed by atoms with Crippen molar-refractivity contribution < 1.29 is 26.3 Å². The Hall–Kier alpha value is -5.10. The Morgan fingerprint density at radius 1 is 0.659 bits per heavy atom. The van der Waals surface area contributed by atoms with Gasteiger partial charge in [0, 0.05) is 34.4 Å². The number of aromatic nitrogens is 2. The number of nitrogens with zero attached hydrogens (tertiary/aromatic N) is 3. The molecular weight excluding hydrogens is 540 g/mol. The van der Waals surface area contributed by atoms with Gasteiger partial charge in [0.1, 0.15) is 0 Å². The summed E-state index contributed by atoms with van der Waals surface area (Å²) >= 11 is 0. The number of rotatable bonds is 3. The number of hydrogen-bond acceptors (Lipinski definition) is 2. The third kappa shape index (κ3) is 4.57. The van der Waals surface area contributed by atoms with E-state index in [0.29, 0.717) is 39.3 Å². The molecule has 0 aliphatic carbocycles. The average molecular weight is 557 g/mol. The van der Waals surface area contributed by atoms with E-state index in [4.69, 9.17) is 0 Å². The van der Waals surface area contributed by atoms with Gasteiger partial charge in [-0.15, -0.1) is 0 Å². The summed E-state index contributed by atoms with van der Waals surface area (Å²) in [6.45, 7) is 0. The fraction of sp³-hybridized carbons (Fsp3) is 0.0625. The van der Waals surface area contributed by atoms with Crippen LogP contribution in [-0.4, -0.2) is 9.55 Å². The molecule has 3 nitrogen and oxygen atoms in total. The number of benzene rings is 4. The number of pyridine rings is 1. The molecule has 0 N–H and O–H groups in total. The number of hydrogen-bond donors (Lipinski definition) is 0. The van der Waals surface area contributed by atoms with Crippen LogP contribution >= 0.6 is 0 Å². The lowest BCUT2D eigenvalue weighted by Gasteiger charge is -2.18.